The van der Waals surface area contributed by atoms with Crippen molar-refractivity contribution in [2.45, 2.75) is 19.9 Å². The van der Waals surface area contributed by atoms with Gasteiger partial charge >= 0.3 is 0 Å². The second kappa shape index (κ2) is 4.83. The lowest BCUT2D eigenvalue weighted by atomic mass is 10.5. The van der Waals surface area contributed by atoms with Crippen LogP contribution in [0.3, 0.4) is 0 Å². The fourth-order valence-electron chi connectivity index (χ4n) is 1.79. The molecule has 7 nitrogen and oxygen atoms in total. The maximum Gasteiger partial charge on any atom is 0.257 e. The zero-order valence-electron chi connectivity index (χ0n) is 10.5. The van der Waals surface area contributed by atoms with Crippen molar-refractivity contribution in [2.24, 2.45) is 0 Å². The third kappa shape index (κ3) is 2.42. The molecule has 1 N–H and O–H groups in total. The highest BCUT2D eigenvalue weighted by atomic mass is 19.3. The largest absolute Gasteiger partial charge is 0.323 e. The van der Waals surface area contributed by atoms with Gasteiger partial charge in [-0.15, -0.1) is 5.10 Å². The molecule has 0 spiro atoms. The average molecular weight is 279 g/mol. The highest BCUT2D eigenvalue weighted by molar-refractivity contribution is 5.53. The van der Waals surface area contributed by atoms with Crippen molar-refractivity contribution in [1.29, 1.82) is 0 Å². The number of aryl methyl sites for hydroxylation is 1. The number of halogens is 2. The number of nitrogens with zero attached hydrogens (tertiary/aromatic N) is 6. The van der Waals surface area contributed by atoms with Gasteiger partial charge in [0.15, 0.2) is 5.82 Å². The van der Waals surface area contributed by atoms with Crippen molar-refractivity contribution in [2.75, 3.05) is 5.32 Å². The molecule has 0 bridgehead atoms. The smallest absolute Gasteiger partial charge is 0.257 e. The number of rotatable bonds is 4. The fraction of sp³-hybridized carbons (Fsp3) is 0.273. The molecule has 3 aromatic heterocycles. The van der Waals surface area contributed by atoms with Crippen LogP contribution in [0.25, 0.3) is 5.78 Å². The van der Waals surface area contributed by atoms with Crippen LogP contribution in [0.4, 0.5) is 20.4 Å². The number of aromatic nitrogens is 6. The highest BCUT2D eigenvalue weighted by Gasteiger charge is 2.09. The van der Waals surface area contributed by atoms with Gasteiger partial charge in [-0.05, 0) is 13.0 Å². The van der Waals surface area contributed by atoms with E-state index in [0.29, 0.717) is 23.2 Å². The van der Waals surface area contributed by atoms with E-state index in [9.17, 15) is 8.78 Å². The first-order valence-corrected chi connectivity index (χ1v) is 5.89. The molecule has 0 aliphatic carbocycles. The summed E-state index contributed by atoms with van der Waals surface area (Å²) in [4.78, 5) is 8.21. The lowest BCUT2D eigenvalue weighted by molar-refractivity contribution is 0.122. The summed E-state index contributed by atoms with van der Waals surface area (Å²) < 4.78 is 27.2. The summed E-state index contributed by atoms with van der Waals surface area (Å²) in [6.45, 7) is 1.33. The number of hydrogen-bond acceptors (Lipinski definition) is 5. The van der Waals surface area contributed by atoms with E-state index in [4.69, 9.17) is 0 Å². The number of nitrogens with one attached hydrogen (secondary N) is 1. The fourth-order valence-corrected chi connectivity index (χ4v) is 1.79. The van der Waals surface area contributed by atoms with Gasteiger partial charge in [0, 0.05) is 18.5 Å². The van der Waals surface area contributed by atoms with Gasteiger partial charge < -0.3 is 5.32 Å². The number of hydrogen-bond donors (Lipinski definition) is 1. The Bertz CT molecular complexity index is 733. The third-order valence-corrected chi connectivity index (χ3v) is 2.57. The van der Waals surface area contributed by atoms with Gasteiger partial charge in [0.05, 0.1) is 0 Å². The quantitative estimate of drug-likeness (QED) is 0.786. The van der Waals surface area contributed by atoms with Crippen LogP contribution in [-0.2, 0) is 6.54 Å². The third-order valence-electron chi connectivity index (χ3n) is 2.57. The maximum absolute atomic E-state index is 12.3. The molecule has 0 radical (unpaired) electrons. The van der Waals surface area contributed by atoms with Crippen LogP contribution in [0, 0.1) is 6.92 Å². The monoisotopic (exact) mass is 279 g/mol. The van der Waals surface area contributed by atoms with Gasteiger partial charge in [0.2, 0.25) is 0 Å². The molecule has 0 fully saturated rings. The minimum Gasteiger partial charge on any atom is -0.323 e. The second-order valence-electron chi connectivity index (χ2n) is 4.14. The first kappa shape index (κ1) is 12.5. The second-order valence-corrected chi connectivity index (χ2v) is 4.14. The topological polar surface area (TPSA) is 72.9 Å². The Balaban J connectivity index is 1.87. The summed E-state index contributed by atoms with van der Waals surface area (Å²) in [5.74, 6) is 2.11. The molecule has 3 rings (SSSR count). The van der Waals surface area contributed by atoms with Crippen molar-refractivity contribution >= 4 is 17.4 Å². The predicted octanol–water partition coefficient (Wildman–Crippen LogP) is 1.64. The molecule has 0 aromatic carbocycles. The Labute approximate surface area is 112 Å². The van der Waals surface area contributed by atoms with Gasteiger partial charge in [-0.1, -0.05) is 0 Å². The van der Waals surface area contributed by atoms with E-state index in [1.807, 2.05) is 0 Å². The maximum atomic E-state index is 12.3. The summed E-state index contributed by atoms with van der Waals surface area (Å²) in [6, 6.07) is 3.31. The molecule has 0 aliphatic rings. The van der Waals surface area contributed by atoms with E-state index in [1.54, 1.807) is 25.3 Å². The minimum absolute atomic E-state index is 0.435. The van der Waals surface area contributed by atoms with E-state index < -0.39 is 13.0 Å². The number of anilines is 2. The lowest BCUT2D eigenvalue weighted by Crippen LogP contribution is -2.07. The highest BCUT2D eigenvalue weighted by Crippen LogP contribution is 2.14. The van der Waals surface area contributed by atoms with E-state index in [1.165, 1.54) is 15.4 Å². The standard InChI is InChI=1S/C11H11F2N7/c1-7-15-11-14-4-2-10(20(11)17-7)16-9-3-5-19(18-9)6-8(12)13/h2-5,8H,6H2,1H3,(H,16,18). The summed E-state index contributed by atoms with van der Waals surface area (Å²) in [6.07, 6.45) is 0.634. The van der Waals surface area contributed by atoms with Gasteiger partial charge in [-0.2, -0.15) is 14.6 Å². The van der Waals surface area contributed by atoms with Crippen LogP contribution in [0.1, 0.15) is 5.82 Å². The minimum atomic E-state index is -2.44. The molecule has 0 saturated heterocycles. The van der Waals surface area contributed by atoms with Crippen molar-refractivity contribution < 1.29 is 8.78 Å². The van der Waals surface area contributed by atoms with E-state index in [2.05, 4.69) is 25.5 Å². The van der Waals surface area contributed by atoms with Crippen LogP contribution in [0.15, 0.2) is 24.5 Å². The first-order chi connectivity index (χ1) is 9.61. The molecule has 3 aromatic rings. The number of alkyl halides is 2. The Kier molecular flexibility index (Phi) is 3.01. The molecule has 0 atom stereocenters. The van der Waals surface area contributed by atoms with Crippen molar-refractivity contribution in [3.05, 3.63) is 30.4 Å². The summed E-state index contributed by atoms with van der Waals surface area (Å²) in [5.41, 5.74) is 0. The Morgan fingerprint density at radius 2 is 2.15 bits per heavy atom. The summed E-state index contributed by atoms with van der Waals surface area (Å²) in [5, 5.41) is 11.2. The van der Waals surface area contributed by atoms with E-state index in [-0.39, 0.29) is 0 Å². The first-order valence-electron chi connectivity index (χ1n) is 5.89. The Hall–Kier alpha value is -2.58. The average Bonchev–Trinajstić information content (AvgIpc) is 2.95. The van der Waals surface area contributed by atoms with Crippen LogP contribution in [0.2, 0.25) is 0 Å². The van der Waals surface area contributed by atoms with Crippen LogP contribution in [0.5, 0.6) is 0 Å². The SMILES string of the molecule is Cc1nc2nccc(Nc3ccn(CC(F)F)n3)n2n1. The zero-order chi connectivity index (χ0) is 14.1. The van der Waals surface area contributed by atoms with E-state index >= 15 is 0 Å². The van der Waals surface area contributed by atoms with E-state index in [0.717, 1.165) is 0 Å². The molecule has 20 heavy (non-hydrogen) atoms. The van der Waals surface area contributed by atoms with Gasteiger partial charge in [-0.25, -0.2) is 13.8 Å². The van der Waals surface area contributed by atoms with Gasteiger partial charge in [0.1, 0.15) is 18.2 Å². The van der Waals surface area contributed by atoms with Gasteiger partial charge in [-0.3, -0.25) is 4.68 Å². The summed E-state index contributed by atoms with van der Waals surface area (Å²) in [7, 11) is 0. The molecule has 0 saturated carbocycles. The molecule has 3 heterocycles. The lowest BCUT2D eigenvalue weighted by Gasteiger charge is -2.04. The molecular formula is C11H11F2N7. The zero-order valence-corrected chi connectivity index (χ0v) is 10.5. The van der Waals surface area contributed by atoms with Crippen molar-refractivity contribution in [3.63, 3.8) is 0 Å². The molecule has 0 aliphatic heterocycles. The van der Waals surface area contributed by atoms with Crippen LogP contribution < -0.4 is 5.32 Å². The Morgan fingerprint density at radius 3 is 2.95 bits per heavy atom. The van der Waals surface area contributed by atoms with Crippen molar-refractivity contribution in [3.8, 4) is 0 Å². The number of fused-ring (bicyclic) bond motifs is 1. The van der Waals surface area contributed by atoms with Crippen LogP contribution >= 0.6 is 0 Å². The summed E-state index contributed by atoms with van der Waals surface area (Å²) >= 11 is 0. The van der Waals surface area contributed by atoms with Crippen molar-refractivity contribution in [1.82, 2.24) is 29.4 Å². The Morgan fingerprint density at radius 1 is 1.30 bits per heavy atom. The molecule has 0 amide bonds. The van der Waals surface area contributed by atoms with Gasteiger partial charge in [0.25, 0.3) is 12.2 Å². The molecule has 0 unspecified atom stereocenters. The predicted molar refractivity (Wildman–Crippen MR) is 67.0 cm³/mol. The van der Waals surface area contributed by atoms with Crippen LogP contribution in [-0.4, -0.2) is 35.8 Å². The molecule has 104 valence electrons. The molecular weight excluding hydrogens is 268 g/mol. The molecule has 9 heteroatoms. The normalized spacial score (nSPS) is 11.4.